The molecule has 2 aliphatic rings. The average molecular weight is 348 g/mol. The van der Waals surface area contributed by atoms with E-state index in [1.165, 1.54) is 30.2 Å². The van der Waals surface area contributed by atoms with Crippen molar-refractivity contribution >= 4 is 27.3 Å². The third kappa shape index (κ3) is 2.83. The van der Waals surface area contributed by atoms with E-state index in [1.54, 1.807) is 6.07 Å². The van der Waals surface area contributed by atoms with Gasteiger partial charge in [0.2, 0.25) is 0 Å². The van der Waals surface area contributed by atoms with Gasteiger partial charge in [-0.3, -0.25) is 9.69 Å². The Bertz CT molecular complexity index is 776. The van der Waals surface area contributed by atoms with Crippen molar-refractivity contribution in [3.63, 3.8) is 0 Å². The maximum Gasteiger partial charge on any atom is 0.261 e. The molecule has 24 heavy (non-hydrogen) atoms. The van der Waals surface area contributed by atoms with Gasteiger partial charge >= 0.3 is 0 Å². The van der Waals surface area contributed by atoms with Crippen molar-refractivity contribution in [3.05, 3.63) is 34.5 Å². The van der Waals surface area contributed by atoms with Crippen molar-refractivity contribution in [2.24, 2.45) is 0 Å². The van der Waals surface area contributed by atoms with E-state index in [-0.39, 0.29) is 17.8 Å². The summed E-state index contributed by atoms with van der Waals surface area (Å²) >= 11 is 1.34. The molecule has 2 fully saturated rings. The number of aryl methyl sites for hydroxylation is 1. The molecule has 2 saturated heterocycles. The Kier molecular flexibility index (Phi) is 4.28. The summed E-state index contributed by atoms with van der Waals surface area (Å²) in [5.74, 6) is -0.406. The monoisotopic (exact) mass is 348 g/mol. The van der Waals surface area contributed by atoms with Crippen LogP contribution in [0.3, 0.4) is 0 Å². The quantitative estimate of drug-likeness (QED) is 0.927. The van der Waals surface area contributed by atoms with E-state index in [2.05, 4.69) is 10.2 Å². The van der Waals surface area contributed by atoms with Gasteiger partial charge in [0.15, 0.2) is 0 Å². The van der Waals surface area contributed by atoms with Crippen molar-refractivity contribution in [3.8, 4) is 0 Å². The molecule has 0 saturated carbocycles. The van der Waals surface area contributed by atoms with Gasteiger partial charge < -0.3 is 10.1 Å². The summed E-state index contributed by atoms with van der Waals surface area (Å²) in [6.07, 6.45) is 2.49. The highest BCUT2D eigenvalue weighted by atomic mass is 32.1. The Morgan fingerprint density at radius 2 is 2.38 bits per heavy atom. The Labute approximate surface area is 144 Å². The number of hydrogen-bond acceptors (Lipinski definition) is 4. The summed E-state index contributed by atoms with van der Waals surface area (Å²) in [6, 6.07) is 5.53. The van der Waals surface area contributed by atoms with Gasteiger partial charge in [-0.15, -0.1) is 11.3 Å². The number of nitrogens with zero attached hydrogens (tertiary/aromatic N) is 1. The van der Waals surface area contributed by atoms with E-state index in [1.807, 2.05) is 13.0 Å². The predicted molar refractivity (Wildman–Crippen MR) is 93.2 cm³/mol. The van der Waals surface area contributed by atoms with Crippen molar-refractivity contribution in [2.45, 2.75) is 31.9 Å². The van der Waals surface area contributed by atoms with Crippen LogP contribution in [0.5, 0.6) is 0 Å². The Morgan fingerprint density at radius 3 is 3.21 bits per heavy atom. The van der Waals surface area contributed by atoms with Crippen LogP contribution in [0.2, 0.25) is 0 Å². The van der Waals surface area contributed by atoms with Crippen LogP contribution in [0.25, 0.3) is 10.1 Å². The molecular weight excluding hydrogens is 327 g/mol. The molecule has 1 amide bonds. The lowest BCUT2D eigenvalue weighted by molar-refractivity contribution is -0.0461. The fourth-order valence-corrected chi connectivity index (χ4v) is 4.91. The maximum absolute atomic E-state index is 14.0. The highest BCUT2D eigenvalue weighted by Crippen LogP contribution is 2.32. The smallest absolute Gasteiger partial charge is 0.261 e. The summed E-state index contributed by atoms with van der Waals surface area (Å²) in [5.41, 5.74) is 0.717. The molecule has 2 aliphatic heterocycles. The summed E-state index contributed by atoms with van der Waals surface area (Å²) in [7, 11) is 0. The van der Waals surface area contributed by atoms with Crippen LogP contribution in [-0.4, -0.2) is 49.2 Å². The topological polar surface area (TPSA) is 41.6 Å². The molecule has 0 spiro atoms. The molecule has 3 heterocycles. The zero-order valence-corrected chi connectivity index (χ0v) is 14.5. The first-order chi connectivity index (χ1) is 11.6. The molecule has 2 aromatic rings. The normalized spacial score (nSPS) is 24.2. The number of halogens is 1. The molecule has 128 valence electrons. The lowest BCUT2D eigenvalue weighted by Gasteiger charge is -2.35. The van der Waals surface area contributed by atoms with E-state index in [4.69, 9.17) is 4.74 Å². The van der Waals surface area contributed by atoms with Crippen molar-refractivity contribution in [1.29, 1.82) is 0 Å². The molecule has 1 aromatic heterocycles. The van der Waals surface area contributed by atoms with E-state index in [0.29, 0.717) is 22.8 Å². The number of amides is 1. The van der Waals surface area contributed by atoms with Crippen molar-refractivity contribution in [1.82, 2.24) is 10.2 Å². The molecule has 1 aromatic carbocycles. The van der Waals surface area contributed by atoms with Gasteiger partial charge in [-0.05, 0) is 44.0 Å². The minimum atomic E-state index is -0.268. The standard InChI is InChI=1S/C18H21FN2O2S/c1-11-16-14(19)5-2-6-15(16)24-17(11)18(22)20-8-13-9-21-7-3-4-12(21)10-23-13/h2,5-6,12-13H,3-4,7-10H2,1H3,(H,20,22)/t12-,13-/m0/s1. The van der Waals surface area contributed by atoms with Crippen LogP contribution in [0, 0.1) is 12.7 Å². The molecule has 6 heteroatoms. The van der Waals surface area contributed by atoms with Crippen LogP contribution in [0.15, 0.2) is 18.2 Å². The molecule has 0 bridgehead atoms. The average Bonchev–Trinajstić information content (AvgIpc) is 3.17. The SMILES string of the molecule is Cc1c(C(=O)NC[C@H]2CN3CCC[C@H]3CO2)sc2cccc(F)c12. The van der Waals surface area contributed by atoms with Crippen molar-refractivity contribution in [2.75, 3.05) is 26.2 Å². The van der Waals surface area contributed by atoms with Gasteiger partial charge in [-0.2, -0.15) is 0 Å². The summed E-state index contributed by atoms with van der Waals surface area (Å²) in [6.45, 7) is 5.08. The molecule has 0 radical (unpaired) electrons. The van der Waals surface area contributed by atoms with E-state index < -0.39 is 0 Å². The highest BCUT2D eigenvalue weighted by Gasteiger charge is 2.32. The fourth-order valence-electron chi connectivity index (χ4n) is 3.77. The molecule has 4 rings (SSSR count). The van der Waals surface area contributed by atoms with Crippen LogP contribution < -0.4 is 5.32 Å². The zero-order chi connectivity index (χ0) is 16.7. The number of ether oxygens (including phenoxy) is 1. The second-order valence-electron chi connectivity index (χ2n) is 6.63. The molecular formula is C18H21FN2O2S. The third-order valence-corrected chi connectivity index (χ3v) is 6.32. The molecule has 2 atom stereocenters. The first-order valence-corrected chi connectivity index (χ1v) is 9.26. The summed E-state index contributed by atoms with van der Waals surface area (Å²) in [4.78, 5) is 15.6. The maximum atomic E-state index is 14.0. The van der Waals surface area contributed by atoms with E-state index >= 15 is 0 Å². The predicted octanol–water partition coefficient (Wildman–Crippen LogP) is 2.94. The number of morpholine rings is 1. The third-order valence-electron chi connectivity index (χ3n) is 5.06. The van der Waals surface area contributed by atoms with Crippen molar-refractivity contribution < 1.29 is 13.9 Å². The van der Waals surface area contributed by atoms with Crippen LogP contribution in [0.1, 0.15) is 28.1 Å². The first-order valence-electron chi connectivity index (χ1n) is 8.45. The second-order valence-corrected chi connectivity index (χ2v) is 7.68. The van der Waals surface area contributed by atoms with Gasteiger partial charge in [0.05, 0.1) is 17.6 Å². The Morgan fingerprint density at radius 1 is 1.50 bits per heavy atom. The van der Waals surface area contributed by atoms with Crippen LogP contribution in [-0.2, 0) is 4.74 Å². The number of carbonyl (C=O) groups is 1. The summed E-state index contributed by atoms with van der Waals surface area (Å²) < 4.78 is 20.7. The number of nitrogens with one attached hydrogen (secondary N) is 1. The molecule has 1 N–H and O–H groups in total. The zero-order valence-electron chi connectivity index (χ0n) is 13.7. The van der Waals surface area contributed by atoms with Crippen LogP contribution in [0.4, 0.5) is 4.39 Å². The Hall–Kier alpha value is -1.50. The number of hydrogen-bond donors (Lipinski definition) is 1. The second kappa shape index (κ2) is 6.43. The molecule has 0 aliphatic carbocycles. The number of thiophene rings is 1. The minimum Gasteiger partial charge on any atom is -0.373 e. The Balaban J connectivity index is 1.43. The van der Waals surface area contributed by atoms with E-state index in [0.717, 1.165) is 30.0 Å². The number of carbonyl (C=O) groups excluding carboxylic acids is 1. The number of rotatable bonds is 3. The number of benzene rings is 1. The fraction of sp³-hybridized carbons (Fsp3) is 0.500. The summed E-state index contributed by atoms with van der Waals surface area (Å²) in [5, 5.41) is 3.52. The van der Waals surface area contributed by atoms with Gasteiger partial charge in [-0.25, -0.2) is 4.39 Å². The van der Waals surface area contributed by atoms with Gasteiger partial charge in [0.1, 0.15) is 5.82 Å². The molecule has 0 unspecified atom stereocenters. The van der Waals surface area contributed by atoms with Crippen LogP contribution >= 0.6 is 11.3 Å². The van der Waals surface area contributed by atoms with E-state index in [9.17, 15) is 9.18 Å². The minimum absolute atomic E-state index is 0.0368. The molecule has 4 nitrogen and oxygen atoms in total. The largest absolute Gasteiger partial charge is 0.373 e. The first kappa shape index (κ1) is 16.0. The highest BCUT2D eigenvalue weighted by molar-refractivity contribution is 7.21. The van der Waals surface area contributed by atoms with Gasteiger partial charge in [0, 0.05) is 29.2 Å². The lowest BCUT2D eigenvalue weighted by Crippen LogP contribution is -2.50. The lowest BCUT2D eigenvalue weighted by atomic mass is 10.1. The van der Waals surface area contributed by atoms with Gasteiger partial charge in [0.25, 0.3) is 5.91 Å². The number of fused-ring (bicyclic) bond motifs is 2. The van der Waals surface area contributed by atoms with Gasteiger partial charge in [-0.1, -0.05) is 6.07 Å².